The van der Waals surface area contributed by atoms with Crippen LogP contribution in [-0.4, -0.2) is 50.5 Å². The number of nitrogens with one attached hydrogen (secondary N) is 1. The van der Waals surface area contributed by atoms with Crippen LogP contribution in [0.5, 0.6) is 0 Å². The van der Waals surface area contributed by atoms with Crippen molar-refractivity contribution in [2.75, 3.05) is 19.6 Å². The minimum absolute atomic E-state index is 0.0958. The molecule has 1 aromatic carbocycles. The molecule has 1 aliphatic rings. The monoisotopic (exact) mass is 377 g/mol. The third-order valence-corrected chi connectivity index (χ3v) is 4.97. The van der Waals surface area contributed by atoms with E-state index in [2.05, 4.69) is 10.3 Å². The summed E-state index contributed by atoms with van der Waals surface area (Å²) in [6, 6.07) is 9.84. The van der Waals surface area contributed by atoms with Crippen LogP contribution in [0.4, 0.5) is 0 Å². The number of benzene rings is 1. The van der Waals surface area contributed by atoms with Crippen molar-refractivity contribution in [1.82, 2.24) is 24.3 Å². The van der Waals surface area contributed by atoms with E-state index < -0.39 is 0 Å². The summed E-state index contributed by atoms with van der Waals surface area (Å²) in [6.45, 7) is 2.12. The molecule has 1 aliphatic heterocycles. The summed E-state index contributed by atoms with van der Waals surface area (Å²) in [7, 11) is 0. The van der Waals surface area contributed by atoms with E-state index >= 15 is 0 Å². The van der Waals surface area contributed by atoms with Crippen molar-refractivity contribution in [2.45, 2.75) is 19.3 Å². The Bertz CT molecular complexity index is 944. The van der Waals surface area contributed by atoms with Gasteiger partial charge in [0.2, 0.25) is 5.91 Å². The first-order valence-electron chi connectivity index (χ1n) is 9.53. The van der Waals surface area contributed by atoms with Gasteiger partial charge in [0, 0.05) is 62.2 Å². The van der Waals surface area contributed by atoms with Crippen LogP contribution in [0.15, 0.2) is 61.4 Å². The van der Waals surface area contributed by atoms with Gasteiger partial charge in [0.25, 0.3) is 5.91 Å². The van der Waals surface area contributed by atoms with E-state index in [0.717, 1.165) is 30.8 Å². The third kappa shape index (κ3) is 3.98. The molecule has 0 bridgehead atoms. The smallest absolute Gasteiger partial charge is 0.252 e. The van der Waals surface area contributed by atoms with Crippen molar-refractivity contribution in [2.24, 2.45) is 0 Å². The number of amides is 2. The average molecular weight is 377 g/mol. The highest BCUT2D eigenvalue weighted by Gasteiger charge is 2.19. The third-order valence-electron chi connectivity index (χ3n) is 4.97. The maximum atomic E-state index is 12.3. The van der Waals surface area contributed by atoms with Gasteiger partial charge in [-0.1, -0.05) is 0 Å². The summed E-state index contributed by atoms with van der Waals surface area (Å²) in [5, 5.41) is 2.93. The van der Waals surface area contributed by atoms with E-state index in [1.54, 1.807) is 12.5 Å². The summed E-state index contributed by atoms with van der Waals surface area (Å²) < 4.78 is 3.86. The fourth-order valence-corrected chi connectivity index (χ4v) is 3.41. The second-order valence-corrected chi connectivity index (χ2v) is 6.89. The lowest BCUT2D eigenvalue weighted by Gasteiger charge is -2.15. The number of aromatic nitrogens is 3. The van der Waals surface area contributed by atoms with E-state index in [1.165, 1.54) is 0 Å². The van der Waals surface area contributed by atoms with Gasteiger partial charge in [-0.2, -0.15) is 0 Å². The molecule has 7 heteroatoms. The van der Waals surface area contributed by atoms with Gasteiger partial charge in [-0.3, -0.25) is 9.59 Å². The quantitative estimate of drug-likeness (QED) is 0.643. The Morgan fingerprint density at radius 3 is 2.54 bits per heavy atom. The molecule has 144 valence electrons. The zero-order chi connectivity index (χ0) is 19.3. The van der Waals surface area contributed by atoms with Crippen molar-refractivity contribution in [1.29, 1.82) is 0 Å². The number of carbonyl (C=O) groups excluding carboxylic acids is 2. The normalized spacial score (nSPS) is 13.9. The molecule has 0 radical (unpaired) electrons. The van der Waals surface area contributed by atoms with Gasteiger partial charge >= 0.3 is 0 Å². The van der Waals surface area contributed by atoms with Gasteiger partial charge in [-0.25, -0.2) is 4.98 Å². The first kappa shape index (κ1) is 18.0. The van der Waals surface area contributed by atoms with Gasteiger partial charge in [0.15, 0.2) is 0 Å². The molecular weight excluding hydrogens is 354 g/mol. The first-order valence-corrected chi connectivity index (χ1v) is 9.53. The molecule has 0 unspecified atom stereocenters. The van der Waals surface area contributed by atoms with Gasteiger partial charge in [0.05, 0.1) is 11.9 Å². The second-order valence-electron chi connectivity index (χ2n) is 6.89. The largest absolute Gasteiger partial charge is 0.352 e. The zero-order valence-corrected chi connectivity index (χ0v) is 15.6. The molecule has 0 aliphatic carbocycles. The Kier molecular flexibility index (Phi) is 5.23. The Labute approximate surface area is 163 Å². The second kappa shape index (κ2) is 8.12. The Morgan fingerprint density at radius 2 is 1.86 bits per heavy atom. The molecule has 3 heterocycles. The number of hydrogen-bond donors (Lipinski definition) is 1. The number of nitrogens with zero attached hydrogens (tertiary/aromatic N) is 4. The van der Waals surface area contributed by atoms with Crippen molar-refractivity contribution in [3.63, 3.8) is 0 Å². The standard InChI is InChI=1S/C21H23N5O2/c27-20-3-1-11-24(20)12-2-9-23-21(28)17-8-13-25(15-17)18-4-6-19(7-5-18)26-14-10-22-16-26/h4-8,10,13-16H,1-3,9,11-12H2,(H,23,28). The molecule has 28 heavy (non-hydrogen) atoms. The fraction of sp³-hybridized carbons (Fsp3) is 0.286. The molecule has 0 atom stereocenters. The van der Waals surface area contributed by atoms with Crippen molar-refractivity contribution in [3.05, 3.63) is 67.0 Å². The maximum absolute atomic E-state index is 12.3. The number of carbonyl (C=O) groups is 2. The lowest BCUT2D eigenvalue weighted by molar-refractivity contribution is -0.127. The predicted octanol–water partition coefficient (Wildman–Crippen LogP) is 2.41. The van der Waals surface area contributed by atoms with E-state index in [9.17, 15) is 9.59 Å². The van der Waals surface area contributed by atoms with Crippen LogP contribution in [0, 0.1) is 0 Å². The molecule has 3 aromatic rings. The fourth-order valence-electron chi connectivity index (χ4n) is 3.41. The van der Waals surface area contributed by atoms with Crippen molar-refractivity contribution in [3.8, 4) is 11.4 Å². The number of imidazole rings is 1. The van der Waals surface area contributed by atoms with Crippen LogP contribution in [-0.2, 0) is 4.79 Å². The van der Waals surface area contributed by atoms with Crippen LogP contribution < -0.4 is 5.32 Å². The Morgan fingerprint density at radius 1 is 1.07 bits per heavy atom. The summed E-state index contributed by atoms with van der Waals surface area (Å²) in [5.41, 5.74) is 2.63. The summed E-state index contributed by atoms with van der Waals surface area (Å²) in [6.07, 6.45) is 11.5. The van der Waals surface area contributed by atoms with E-state index in [0.29, 0.717) is 25.1 Å². The van der Waals surface area contributed by atoms with E-state index in [4.69, 9.17) is 0 Å². The molecule has 2 amide bonds. The molecular formula is C21H23N5O2. The SMILES string of the molecule is O=C(NCCCN1CCCC1=O)c1ccn(-c2ccc(-n3ccnc3)cc2)c1. The lowest BCUT2D eigenvalue weighted by atomic mass is 10.2. The van der Waals surface area contributed by atoms with Gasteiger partial charge in [-0.05, 0) is 43.2 Å². The van der Waals surface area contributed by atoms with Crippen LogP contribution >= 0.6 is 0 Å². The van der Waals surface area contributed by atoms with Gasteiger partial charge < -0.3 is 19.4 Å². The number of hydrogen-bond acceptors (Lipinski definition) is 3. The molecule has 1 saturated heterocycles. The minimum atomic E-state index is -0.0958. The molecule has 1 fully saturated rings. The highest BCUT2D eigenvalue weighted by Crippen LogP contribution is 2.15. The molecule has 4 rings (SSSR count). The van der Waals surface area contributed by atoms with E-state index in [-0.39, 0.29) is 11.8 Å². The molecule has 7 nitrogen and oxygen atoms in total. The summed E-state index contributed by atoms with van der Waals surface area (Å²) in [4.78, 5) is 29.8. The average Bonchev–Trinajstić information content (AvgIpc) is 3.47. The molecule has 0 spiro atoms. The topological polar surface area (TPSA) is 72.2 Å². The molecule has 1 N–H and O–H groups in total. The summed E-state index contributed by atoms with van der Waals surface area (Å²) >= 11 is 0. The van der Waals surface area contributed by atoms with Crippen LogP contribution in [0.1, 0.15) is 29.6 Å². The first-order chi connectivity index (χ1) is 13.7. The highest BCUT2D eigenvalue weighted by atomic mass is 16.2. The minimum Gasteiger partial charge on any atom is -0.352 e. The highest BCUT2D eigenvalue weighted by molar-refractivity contribution is 5.94. The van der Waals surface area contributed by atoms with E-state index in [1.807, 2.05) is 63.0 Å². The Balaban J connectivity index is 1.31. The predicted molar refractivity (Wildman–Crippen MR) is 106 cm³/mol. The molecule has 0 saturated carbocycles. The van der Waals surface area contributed by atoms with Crippen LogP contribution in [0.25, 0.3) is 11.4 Å². The van der Waals surface area contributed by atoms with Crippen LogP contribution in [0.2, 0.25) is 0 Å². The van der Waals surface area contributed by atoms with Crippen molar-refractivity contribution < 1.29 is 9.59 Å². The number of rotatable bonds is 7. The molecule has 2 aromatic heterocycles. The maximum Gasteiger partial charge on any atom is 0.252 e. The lowest BCUT2D eigenvalue weighted by Crippen LogP contribution is -2.30. The van der Waals surface area contributed by atoms with Gasteiger partial charge in [-0.15, -0.1) is 0 Å². The zero-order valence-electron chi connectivity index (χ0n) is 15.6. The van der Waals surface area contributed by atoms with Gasteiger partial charge in [0.1, 0.15) is 0 Å². The van der Waals surface area contributed by atoms with Crippen LogP contribution in [0.3, 0.4) is 0 Å². The summed E-state index contributed by atoms with van der Waals surface area (Å²) in [5.74, 6) is 0.129. The number of likely N-dealkylation sites (tertiary alicyclic amines) is 1. The Hall–Kier alpha value is -3.35. The van der Waals surface area contributed by atoms with Crippen molar-refractivity contribution >= 4 is 11.8 Å².